The molecular formula is C12H17N3O5. The van der Waals surface area contributed by atoms with Gasteiger partial charge >= 0.3 is 17.1 Å². The summed E-state index contributed by atoms with van der Waals surface area (Å²) in [6.07, 6.45) is 1.53. The van der Waals surface area contributed by atoms with E-state index in [0.717, 1.165) is 13.7 Å². The lowest BCUT2D eigenvalue weighted by atomic mass is 10.4. The van der Waals surface area contributed by atoms with Crippen molar-refractivity contribution in [3.8, 4) is 0 Å². The van der Waals surface area contributed by atoms with Crippen LogP contribution in [0, 0.1) is 0 Å². The van der Waals surface area contributed by atoms with Gasteiger partial charge in [-0.3, -0.25) is 0 Å². The van der Waals surface area contributed by atoms with E-state index >= 15 is 0 Å². The van der Waals surface area contributed by atoms with E-state index < -0.39 is 17.1 Å². The van der Waals surface area contributed by atoms with E-state index in [1.807, 2.05) is 0 Å². The number of hydrogen-bond acceptors (Lipinski definition) is 5. The highest BCUT2D eigenvalue weighted by Crippen LogP contribution is 2.08. The molecule has 1 N–H and O–H groups in total. The predicted molar refractivity (Wildman–Crippen MR) is 70.9 cm³/mol. The number of aliphatic hydroxyl groups excluding tert-OH is 1. The Morgan fingerprint density at radius 2 is 1.80 bits per heavy atom. The highest BCUT2D eigenvalue weighted by atomic mass is 16.6. The van der Waals surface area contributed by atoms with E-state index in [2.05, 4.69) is 6.58 Å². The van der Waals surface area contributed by atoms with Crippen LogP contribution in [0.1, 0.15) is 6.42 Å². The van der Waals surface area contributed by atoms with Crippen LogP contribution in [0.25, 0.3) is 0 Å². The summed E-state index contributed by atoms with van der Waals surface area (Å²) in [5, 5.41) is 8.83. The van der Waals surface area contributed by atoms with Crippen molar-refractivity contribution < 1.29 is 9.84 Å². The van der Waals surface area contributed by atoms with Crippen molar-refractivity contribution in [1.82, 2.24) is 13.7 Å². The number of aliphatic hydroxyl groups is 1. The lowest BCUT2D eigenvalue weighted by Gasteiger charge is -2.11. The molecule has 110 valence electrons. The Morgan fingerprint density at radius 1 is 1.20 bits per heavy atom. The molecule has 1 fully saturated rings. The Morgan fingerprint density at radius 3 is 2.35 bits per heavy atom. The fourth-order valence-electron chi connectivity index (χ4n) is 1.92. The zero-order valence-electron chi connectivity index (χ0n) is 11.0. The minimum Gasteiger partial charge on any atom is -0.396 e. The first-order chi connectivity index (χ1) is 9.60. The van der Waals surface area contributed by atoms with Crippen molar-refractivity contribution in [3.05, 3.63) is 44.1 Å². The average Bonchev–Trinajstić information content (AvgIpc) is 3.24. The Kier molecular flexibility index (Phi) is 4.35. The fraction of sp³-hybridized carbons (Fsp3) is 0.583. The maximum absolute atomic E-state index is 12.2. The standard InChI is InChI=1S/C12H17N3O5/c1-2-4-13-10(17)14(5-3-6-16)12(19)15(11(13)18)7-9-8-20-9/h2,9,16H,1,3-8H2. The summed E-state index contributed by atoms with van der Waals surface area (Å²) < 4.78 is 7.93. The number of hydrogen-bond donors (Lipinski definition) is 1. The molecule has 0 amide bonds. The zero-order valence-corrected chi connectivity index (χ0v) is 11.0. The lowest BCUT2D eigenvalue weighted by Crippen LogP contribution is -2.55. The van der Waals surface area contributed by atoms with Crippen LogP contribution in [-0.4, -0.2) is 38.1 Å². The molecule has 2 rings (SSSR count). The smallest absolute Gasteiger partial charge is 0.336 e. The number of aromatic nitrogens is 3. The van der Waals surface area contributed by atoms with E-state index in [1.54, 1.807) is 0 Å². The quantitative estimate of drug-likeness (QED) is 0.467. The van der Waals surface area contributed by atoms with E-state index in [0.29, 0.717) is 6.61 Å². The molecule has 0 saturated carbocycles. The van der Waals surface area contributed by atoms with Crippen molar-refractivity contribution in [1.29, 1.82) is 0 Å². The molecule has 1 aromatic heterocycles. The van der Waals surface area contributed by atoms with Crippen molar-refractivity contribution in [3.63, 3.8) is 0 Å². The van der Waals surface area contributed by atoms with Crippen LogP contribution in [0.2, 0.25) is 0 Å². The van der Waals surface area contributed by atoms with Gasteiger partial charge in [-0.15, -0.1) is 6.58 Å². The van der Waals surface area contributed by atoms with Crippen molar-refractivity contribution in [2.24, 2.45) is 0 Å². The maximum Gasteiger partial charge on any atom is 0.336 e. The van der Waals surface area contributed by atoms with Gasteiger partial charge in [0.1, 0.15) is 0 Å². The van der Waals surface area contributed by atoms with Crippen LogP contribution in [0.5, 0.6) is 0 Å². The van der Waals surface area contributed by atoms with Gasteiger partial charge in [0.05, 0.1) is 25.8 Å². The highest BCUT2D eigenvalue weighted by molar-refractivity contribution is 4.84. The van der Waals surface area contributed by atoms with E-state index in [4.69, 9.17) is 9.84 Å². The molecule has 0 aromatic carbocycles. The summed E-state index contributed by atoms with van der Waals surface area (Å²) in [6.45, 7) is 4.09. The molecule has 1 atom stereocenters. The average molecular weight is 283 g/mol. The van der Waals surface area contributed by atoms with Crippen molar-refractivity contribution >= 4 is 0 Å². The summed E-state index contributed by atoms with van der Waals surface area (Å²) >= 11 is 0. The van der Waals surface area contributed by atoms with Crippen LogP contribution < -0.4 is 17.1 Å². The minimum atomic E-state index is -0.679. The van der Waals surface area contributed by atoms with Crippen LogP contribution >= 0.6 is 0 Å². The molecule has 1 aliphatic heterocycles. The Labute approximate surface area is 114 Å². The SMILES string of the molecule is C=CCn1c(=O)n(CCCO)c(=O)n(CC2CO2)c1=O. The third-order valence-corrected chi connectivity index (χ3v) is 3.03. The molecule has 2 heterocycles. The van der Waals surface area contributed by atoms with Gasteiger partial charge in [0.15, 0.2) is 0 Å². The monoisotopic (exact) mass is 283 g/mol. The molecule has 0 aliphatic carbocycles. The normalized spacial score (nSPS) is 17.1. The van der Waals surface area contributed by atoms with Gasteiger partial charge in [-0.2, -0.15) is 0 Å². The largest absolute Gasteiger partial charge is 0.396 e. The van der Waals surface area contributed by atoms with Crippen LogP contribution in [-0.2, 0) is 24.4 Å². The van der Waals surface area contributed by atoms with Gasteiger partial charge in [0.25, 0.3) is 0 Å². The first-order valence-electron chi connectivity index (χ1n) is 6.38. The van der Waals surface area contributed by atoms with Gasteiger partial charge in [0.2, 0.25) is 0 Å². The summed E-state index contributed by atoms with van der Waals surface area (Å²) in [4.78, 5) is 36.4. The van der Waals surface area contributed by atoms with Gasteiger partial charge in [-0.25, -0.2) is 28.1 Å². The molecule has 0 bridgehead atoms. The molecule has 0 radical (unpaired) electrons. The van der Waals surface area contributed by atoms with E-state index in [-0.39, 0.29) is 38.8 Å². The summed E-state index contributed by atoms with van der Waals surface area (Å²) in [5.74, 6) is 0. The molecule has 20 heavy (non-hydrogen) atoms. The van der Waals surface area contributed by atoms with Crippen molar-refractivity contribution in [2.75, 3.05) is 13.2 Å². The second-order valence-corrected chi connectivity index (χ2v) is 4.54. The molecule has 1 aromatic rings. The first-order valence-corrected chi connectivity index (χ1v) is 6.38. The predicted octanol–water partition coefficient (Wildman–Crippen LogP) is -1.86. The zero-order chi connectivity index (χ0) is 14.7. The summed E-state index contributed by atoms with van der Waals surface area (Å²) in [5.41, 5.74) is -2.00. The summed E-state index contributed by atoms with van der Waals surface area (Å²) in [6, 6.07) is 0. The molecular weight excluding hydrogens is 266 g/mol. The minimum absolute atomic E-state index is 0.0304. The Hall–Kier alpha value is -1.93. The molecule has 0 spiro atoms. The Balaban J connectivity index is 2.57. The van der Waals surface area contributed by atoms with Crippen LogP contribution in [0.4, 0.5) is 0 Å². The molecule has 8 heteroatoms. The van der Waals surface area contributed by atoms with Gasteiger partial charge in [-0.05, 0) is 6.42 Å². The highest BCUT2D eigenvalue weighted by Gasteiger charge is 2.26. The van der Waals surface area contributed by atoms with Gasteiger partial charge in [-0.1, -0.05) is 6.08 Å². The second kappa shape index (κ2) is 6.02. The van der Waals surface area contributed by atoms with E-state index in [9.17, 15) is 14.4 Å². The van der Waals surface area contributed by atoms with Crippen LogP contribution in [0.3, 0.4) is 0 Å². The molecule has 1 saturated heterocycles. The number of rotatable bonds is 7. The number of allylic oxidation sites excluding steroid dienone is 1. The lowest BCUT2D eigenvalue weighted by molar-refractivity contribution is 0.274. The molecule has 1 aliphatic rings. The topological polar surface area (TPSA) is 98.8 Å². The third-order valence-electron chi connectivity index (χ3n) is 3.03. The molecule has 8 nitrogen and oxygen atoms in total. The maximum atomic E-state index is 12.2. The molecule has 1 unspecified atom stereocenters. The van der Waals surface area contributed by atoms with Gasteiger partial charge < -0.3 is 9.84 Å². The van der Waals surface area contributed by atoms with Gasteiger partial charge in [0, 0.05) is 13.2 Å². The number of nitrogens with zero attached hydrogens (tertiary/aromatic N) is 3. The first kappa shape index (κ1) is 14.5. The van der Waals surface area contributed by atoms with Crippen molar-refractivity contribution in [2.45, 2.75) is 32.2 Å². The van der Waals surface area contributed by atoms with Crippen LogP contribution in [0.15, 0.2) is 27.0 Å². The Bertz CT molecular complexity index is 665. The summed E-state index contributed by atoms with van der Waals surface area (Å²) in [7, 11) is 0. The second-order valence-electron chi connectivity index (χ2n) is 4.54. The third kappa shape index (κ3) is 2.81. The number of ether oxygens (including phenoxy) is 1. The fourth-order valence-corrected chi connectivity index (χ4v) is 1.92. The van der Waals surface area contributed by atoms with E-state index in [1.165, 1.54) is 6.08 Å². The number of epoxide rings is 1.